The average molecular weight is 370 g/mol. The van der Waals surface area contributed by atoms with Gasteiger partial charge in [0.1, 0.15) is 11.6 Å². The molecule has 2 saturated carbocycles. The van der Waals surface area contributed by atoms with Crippen molar-refractivity contribution in [1.82, 2.24) is 4.98 Å². The highest BCUT2D eigenvalue weighted by Crippen LogP contribution is 2.49. The maximum atomic E-state index is 12.2. The minimum Gasteiger partial charge on any atom is -0.459 e. The first kappa shape index (κ1) is 17.7. The fourth-order valence-corrected chi connectivity index (χ4v) is 5.38. The molecule has 3 nitrogen and oxygen atoms in total. The number of thiazole rings is 1. The Morgan fingerprint density at radius 2 is 2.04 bits per heavy atom. The smallest absolute Gasteiger partial charge is 0.306 e. The molecular weight excluding hydrogens is 342 g/mol. The number of rotatable bonds is 6. The molecule has 4 heteroatoms. The van der Waals surface area contributed by atoms with Crippen LogP contribution in [0.5, 0.6) is 0 Å². The lowest BCUT2D eigenvalue weighted by molar-refractivity contribution is -0.146. The number of aromatic nitrogens is 1. The Bertz CT molecular complexity index is 765. The van der Waals surface area contributed by atoms with Gasteiger partial charge in [-0.25, -0.2) is 4.98 Å². The van der Waals surface area contributed by atoms with Gasteiger partial charge in [0.2, 0.25) is 0 Å². The molecular formula is C22H27NO2S. The zero-order valence-corrected chi connectivity index (χ0v) is 16.4. The van der Waals surface area contributed by atoms with Gasteiger partial charge in [0.15, 0.2) is 0 Å². The van der Waals surface area contributed by atoms with Gasteiger partial charge < -0.3 is 4.74 Å². The first-order valence-corrected chi connectivity index (χ1v) is 10.7. The van der Waals surface area contributed by atoms with Crippen LogP contribution in [0.2, 0.25) is 0 Å². The van der Waals surface area contributed by atoms with Crippen molar-refractivity contribution in [3.63, 3.8) is 0 Å². The molecule has 0 unspecified atom stereocenters. The minimum atomic E-state index is -0.0570. The number of carbonyl (C=O) groups is 1. The molecule has 0 N–H and O–H groups in total. The number of ether oxygens (including phenoxy) is 1. The molecule has 26 heavy (non-hydrogen) atoms. The van der Waals surface area contributed by atoms with Crippen LogP contribution < -0.4 is 0 Å². The summed E-state index contributed by atoms with van der Waals surface area (Å²) in [6.45, 7) is 4.68. The number of benzene rings is 1. The molecule has 2 aliphatic carbocycles. The summed E-state index contributed by atoms with van der Waals surface area (Å²) in [6.07, 6.45) is 5.84. The third-order valence-electron chi connectivity index (χ3n) is 6.07. The van der Waals surface area contributed by atoms with Crippen LogP contribution >= 0.6 is 11.3 Å². The molecule has 0 spiro atoms. The van der Waals surface area contributed by atoms with E-state index in [-0.39, 0.29) is 5.97 Å². The van der Waals surface area contributed by atoms with E-state index in [2.05, 4.69) is 43.1 Å². The van der Waals surface area contributed by atoms with E-state index in [4.69, 9.17) is 4.74 Å². The van der Waals surface area contributed by atoms with Crippen LogP contribution in [0.3, 0.4) is 0 Å². The van der Waals surface area contributed by atoms with Crippen molar-refractivity contribution in [1.29, 1.82) is 0 Å². The average Bonchev–Trinajstić information content (AvgIpc) is 3.37. The van der Waals surface area contributed by atoms with Gasteiger partial charge in [-0.15, -0.1) is 11.3 Å². The van der Waals surface area contributed by atoms with Crippen molar-refractivity contribution in [3.8, 4) is 10.6 Å². The van der Waals surface area contributed by atoms with E-state index in [1.807, 2.05) is 5.38 Å². The topological polar surface area (TPSA) is 39.2 Å². The maximum Gasteiger partial charge on any atom is 0.306 e. The molecule has 0 amide bonds. The summed E-state index contributed by atoms with van der Waals surface area (Å²) in [5.41, 5.74) is 3.30. The first-order valence-electron chi connectivity index (χ1n) is 9.79. The van der Waals surface area contributed by atoms with Crippen molar-refractivity contribution in [2.75, 3.05) is 0 Å². The number of hydrogen-bond donors (Lipinski definition) is 0. The second-order valence-corrected chi connectivity index (χ2v) is 9.08. The van der Waals surface area contributed by atoms with Gasteiger partial charge in [-0.1, -0.05) is 44.5 Å². The molecule has 4 rings (SSSR count). The number of carbonyl (C=O) groups excluding carboxylic acids is 1. The van der Waals surface area contributed by atoms with Crippen LogP contribution in [0.25, 0.3) is 10.6 Å². The second-order valence-electron chi connectivity index (χ2n) is 8.22. The lowest BCUT2D eigenvalue weighted by Crippen LogP contribution is -2.17. The molecule has 0 saturated heterocycles. The van der Waals surface area contributed by atoms with Crippen molar-refractivity contribution in [2.24, 2.45) is 17.8 Å². The number of hydrogen-bond acceptors (Lipinski definition) is 4. The van der Waals surface area contributed by atoms with E-state index in [9.17, 15) is 4.79 Å². The number of fused-ring (bicyclic) bond motifs is 2. The largest absolute Gasteiger partial charge is 0.459 e. The lowest BCUT2D eigenvalue weighted by Gasteiger charge is -2.20. The highest BCUT2D eigenvalue weighted by Gasteiger charge is 2.40. The Labute approximate surface area is 159 Å². The third-order valence-corrected chi connectivity index (χ3v) is 7.01. The summed E-state index contributed by atoms with van der Waals surface area (Å²) >= 11 is 1.61. The molecule has 2 bridgehead atoms. The SMILES string of the molecule is CC(C)c1ccc(-c2nc(COC(=O)C[C@H]3C[C@@H]4CC[C@@H]3C4)cs2)cc1. The summed E-state index contributed by atoms with van der Waals surface area (Å²) in [5.74, 6) is 2.68. The first-order chi connectivity index (χ1) is 12.6. The zero-order valence-electron chi connectivity index (χ0n) is 15.6. The molecule has 3 atom stereocenters. The van der Waals surface area contributed by atoms with E-state index in [1.165, 1.54) is 31.2 Å². The molecule has 0 radical (unpaired) electrons. The minimum absolute atomic E-state index is 0.0570. The summed E-state index contributed by atoms with van der Waals surface area (Å²) in [7, 11) is 0. The van der Waals surface area contributed by atoms with Crippen LogP contribution in [0.4, 0.5) is 0 Å². The molecule has 0 aliphatic heterocycles. The molecule has 138 valence electrons. The van der Waals surface area contributed by atoms with Gasteiger partial charge in [0.05, 0.1) is 5.69 Å². The van der Waals surface area contributed by atoms with Gasteiger partial charge in [-0.2, -0.15) is 0 Å². The number of esters is 1. The van der Waals surface area contributed by atoms with Gasteiger partial charge in [-0.3, -0.25) is 4.79 Å². The highest BCUT2D eigenvalue weighted by molar-refractivity contribution is 7.13. The van der Waals surface area contributed by atoms with Crippen LogP contribution in [0, 0.1) is 17.8 Å². The fourth-order valence-electron chi connectivity index (χ4n) is 4.57. The van der Waals surface area contributed by atoms with Crippen LogP contribution in [0.15, 0.2) is 29.6 Å². The van der Waals surface area contributed by atoms with Crippen LogP contribution in [-0.2, 0) is 16.1 Å². The van der Waals surface area contributed by atoms with Gasteiger partial charge in [-0.05, 0) is 48.5 Å². The molecule has 1 aromatic carbocycles. The lowest BCUT2D eigenvalue weighted by atomic mass is 9.86. The molecule has 2 fully saturated rings. The van der Waals surface area contributed by atoms with Crippen molar-refractivity contribution in [3.05, 3.63) is 40.9 Å². The quantitative estimate of drug-likeness (QED) is 0.604. The fraction of sp³-hybridized carbons (Fsp3) is 0.545. The molecule has 2 aliphatic rings. The Balaban J connectivity index is 1.30. The monoisotopic (exact) mass is 369 g/mol. The molecule has 1 aromatic heterocycles. The Kier molecular flexibility index (Phi) is 5.12. The normalized spacial score (nSPS) is 24.3. The van der Waals surface area contributed by atoms with E-state index in [0.29, 0.717) is 24.9 Å². The Morgan fingerprint density at radius 1 is 1.23 bits per heavy atom. The summed E-state index contributed by atoms with van der Waals surface area (Å²) in [6, 6.07) is 8.57. The molecule has 2 aromatic rings. The van der Waals surface area contributed by atoms with Crippen LogP contribution in [-0.4, -0.2) is 11.0 Å². The van der Waals surface area contributed by atoms with Crippen molar-refractivity contribution >= 4 is 17.3 Å². The summed E-state index contributed by atoms with van der Waals surface area (Å²) in [4.78, 5) is 16.8. The maximum absolute atomic E-state index is 12.2. The summed E-state index contributed by atoms with van der Waals surface area (Å²) < 4.78 is 5.50. The van der Waals surface area contributed by atoms with Gasteiger partial charge >= 0.3 is 5.97 Å². The van der Waals surface area contributed by atoms with Gasteiger partial charge in [0.25, 0.3) is 0 Å². The zero-order chi connectivity index (χ0) is 18.1. The van der Waals surface area contributed by atoms with Crippen LogP contribution in [0.1, 0.15) is 63.1 Å². The van der Waals surface area contributed by atoms with E-state index in [0.717, 1.165) is 28.1 Å². The van der Waals surface area contributed by atoms with E-state index >= 15 is 0 Å². The molecule has 1 heterocycles. The van der Waals surface area contributed by atoms with E-state index in [1.54, 1.807) is 11.3 Å². The third kappa shape index (κ3) is 3.85. The standard InChI is InChI=1S/C22H27NO2S/c1-14(2)16-5-7-17(8-6-16)22-23-20(13-26-22)12-25-21(24)11-19-10-15-3-4-18(19)9-15/h5-8,13-15,18-19H,3-4,9-12H2,1-2H3/t15-,18-,19-/m1/s1. The predicted octanol–water partition coefficient (Wildman–Crippen LogP) is 5.80. The number of nitrogens with zero attached hydrogens (tertiary/aromatic N) is 1. The Hall–Kier alpha value is -1.68. The predicted molar refractivity (Wildman–Crippen MR) is 105 cm³/mol. The summed E-state index contributed by atoms with van der Waals surface area (Å²) in [5, 5.41) is 2.98. The van der Waals surface area contributed by atoms with E-state index < -0.39 is 0 Å². The second kappa shape index (κ2) is 7.51. The van der Waals surface area contributed by atoms with Crippen molar-refractivity contribution in [2.45, 2.75) is 58.5 Å². The van der Waals surface area contributed by atoms with Crippen molar-refractivity contribution < 1.29 is 9.53 Å². The Morgan fingerprint density at radius 3 is 2.69 bits per heavy atom. The van der Waals surface area contributed by atoms with Gasteiger partial charge in [0, 0.05) is 17.4 Å². The highest BCUT2D eigenvalue weighted by atomic mass is 32.1.